The fraction of sp³-hybridized carbons (Fsp3) is 0.636. The van der Waals surface area contributed by atoms with Gasteiger partial charge in [-0.15, -0.1) is 0 Å². The highest BCUT2D eigenvalue weighted by atomic mass is 16.4. The lowest BCUT2D eigenvalue weighted by Crippen LogP contribution is -2.13. The van der Waals surface area contributed by atoms with Gasteiger partial charge in [-0.05, 0) is 60.8 Å². The predicted molar refractivity (Wildman–Crippen MR) is 105 cm³/mol. The van der Waals surface area contributed by atoms with Crippen LogP contribution in [0, 0.1) is 11.8 Å². The standard InChI is InChI=1S/C22H34O4/c1-15(2)9-7-5-6-8-10-17-18(12-11-16(3)4)20(22(25)26)14-13-19(17)21(23)24/h13-16H,5-12H2,1-4H3,(H,23,24)(H,25,26). The Morgan fingerprint density at radius 1 is 0.731 bits per heavy atom. The van der Waals surface area contributed by atoms with E-state index < -0.39 is 11.9 Å². The van der Waals surface area contributed by atoms with Gasteiger partial charge in [-0.3, -0.25) is 0 Å². The molecule has 0 unspecified atom stereocenters. The van der Waals surface area contributed by atoms with Crippen LogP contribution in [-0.2, 0) is 12.8 Å². The number of carboxylic acid groups (broad SMARTS) is 2. The van der Waals surface area contributed by atoms with Crippen molar-refractivity contribution in [1.29, 1.82) is 0 Å². The highest BCUT2D eigenvalue weighted by Crippen LogP contribution is 2.25. The summed E-state index contributed by atoms with van der Waals surface area (Å²) in [4.78, 5) is 23.3. The normalized spacial score (nSPS) is 11.3. The van der Waals surface area contributed by atoms with E-state index in [1.54, 1.807) is 0 Å². The summed E-state index contributed by atoms with van der Waals surface area (Å²) < 4.78 is 0. The average molecular weight is 363 g/mol. The molecular weight excluding hydrogens is 328 g/mol. The Kier molecular flexibility index (Phi) is 9.39. The van der Waals surface area contributed by atoms with Gasteiger partial charge in [0.15, 0.2) is 0 Å². The Balaban J connectivity index is 2.97. The molecule has 0 saturated heterocycles. The van der Waals surface area contributed by atoms with Gasteiger partial charge >= 0.3 is 11.9 Å². The molecule has 0 atom stereocenters. The van der Waals surface area contributed by atoms with E-state index in [4.69, 9.17) is 0 Å². The Labute approximate surface area is 157 Å². The molecule has 0 amide bonds. The van der Waals surface area contributed by atoms with Gasteiger partial charge in [0, 0.05) is 0 Å². The van der Waals surface area contributed by atoms with Crippen molar-refractivity contribution in [2.75, 3.05) is 0 Å². The Morgan fingerprint density at radius 3 is 1.65 bits per heavy atom. The summed E-state index contributed by atoms with van der Waals surface area (Å²) in [7, 11) is 0. The number of hydrogen-bond acceptors (Lipinski definition) is 2. The Hall–Kier alpha value is -1.84. The average Bonchev–Trinajstić information content (AvgIpc) is 2.55. The summed E-state index contributed by atoms with van der Waals surface area (Å²) in [6, 6.07) is 2.91. The van der Waals surface area contributed by atoms with Gasteiger partial charge in [0.2, 0.25) is 0 Å². The van der Waals surface area contributed by atoms with Crippen molar-refractivity contribution in [2.45, 2.75) is 79.1 Å². The van der Waals surface area contributed by atoms with Gasteiger partial charge in [0.1, 0.15) is 0 Å². The SMILES string of the molecule is CC(C)CCCCCCc1c(C(=O)O)ccc(C(=O)O)c1CCC(C)C. The highest BCUT2D eigenvalue weighted by Gasteiger charge is 2.20. The zero-order valence-corrected chi connectivity index (χ0v) is 16.7. The summed E-state index contributed by atoms with van der Waals surface area (Å²) in [5.41, 5.74) is 1.96. The van der Waals surface area contributed by atoms with Crippen molar-refractivity contribution in [3.8, 4) is 0 Å². The molecule has 1 rings (SSSR count). The summed E-state index contributed by atoms with van der Waals surface area (Å²) in [6.07, 6.45) is 7.60. The second-order valence-corrected chi connectivity index (χ2v) is 8.01. The molecule has 0 spiro atoms. The molecule has 0 heterocycles. The van der Waals surface area contributed by atoms with Crippen molar-refractivity contribution in [2.24, 2.45) is 11.8 Å². The van der Waals surface area contributed by atoms with E-state index in [-0.39, 0.29) is 11.1 Å². The Bertz CT molecular complexity index is 602. The van der Waals surface area contributed by atoms with Crippen LogP contribution < -0.4 is 0 Å². The molecule has 1 aromatic rings. The maximum Gasteiger partial charge on any atom is 0.335 e. The first-order valence-electron chi connectivity index (χ1n) is 9.85. The molecule has 0 aromatic heterocycles. The predicted octanol–water partition coefficient (Wildman–Crippen LogP) is 5.82. The molecule has 0 bridgehead atoms. The molecular formula is C22H34O4. The van der Waals surface area contributed by atoms with E-state index in [9.17, 15) is 19.8 Å². The van der Waals surface area contributed by atoms with Crippen LogP contribution in [-0.4, -0.2) is 22.2 Å². The minimum atomic E-state index is -0.973. The molecule has 26 heavy (non-hydrogen) atoms. The Morgan fingerprint density at radius 2 is 1.19 bits per heavy atom. The first kappa shape index (κ1) is 22.2. The molecule has 4 nitrogen and oxygen atoms in total. The molecule has 1 aromatic carbocycles. The third-order valence-electron chi connectivity index (χ3n) is 4.82. The summed E-state index contributed by atoms with van der Waals surface area (Å²) in [5, 5.41) is 19.1. The van der Waals surface area contributed by atoms with Gasteiger partial charge in [0.05, 0.1) is 11.1 Å². The third-order valence-corrected chi connectivity index (χ3v) is 4.82. The summed E-state index contributed by atoms with van der Waals surface area (Å²) in [5.74, 6) is -0.793. The second-order valence-electron chi connectivity index (χ2n) is 8.01. The zero-order valence-electron chi connectivity index (χ0n) is 16.7. The van der Waals surface area contributed by atoms with E-state index in [1.807, 2.05) is 0 Å². The van der Waals surface area contributed by atoms with Crippen LogP contribution in [0.15, 0.2) is 12.1 Å². The van der Waals surface area contributed by atoms with Gasteiger partial charge < -0.3 is 10.2 Å². The number of aromatic carboxylic acids is 2. The minimum Gasteiger partial charge on any atom is -0.478 e. The fourth-order valence-corrected chi connectivity index (χ4v) is 3.31. The second kappa shape index (κ2) is 11.0. The van der Waals surface area contributed by atoms with Gasteiger partial charge in [-0.2, -0.15) is 0 Å². The van der Waals surface area contributed by atoms with Crippen molar-refractivity contribution in [1.82, 2.24) is 0 Å². The van der Waals surface area contributed by atoms with Crippen LogP contribution in [0.1, 0.15) is 98.1 Å². The zero-order chi connectivity index (χ0) is 19.7. The molecule has 0 saturated carbocycles. The number of carbonyl (C=O) groups is 2. The van der Waals surface area contributed by atoms with Crippen molar-refractivity contribution in [3.05, 3.63) is 34.4 Å². The molecule has 0 fully saturated rings. The fourth-order valence-electron chi connectivity index (χ4n) is 3.31. The van der Waals surface area contributed by atoms with E-state index in [0.717, 1.165) is 31.2 Å². The third kappa shape index (κ3) is 7.19. The summed E-state index contributed by atoms with van der Waals surface area (Å²) >= 11 is 0. The lowest BCUT2D eigenvalue weighted by atomic mass is 9.88. The van der Waals surface area contributed by atoms with Crippen molar-refractivity contribution < 1.29 is 19.8 Å². The topological polar surface area (TPSA) is 74.6 Å². The lowest BCUT2D eigenvalue weighted by molar-refractivity contribution is 0.0679. The first-order chi connectivity index (χ1) is 12.2. The molecule has 146 valence electrons. The molecule has 4 heteroatoms. The van der Waals surface area contributed by atoms with E-state index in [0.29, 0.717) is 30.2 Å². The van der Waals surface area contributed by atoms with Crippen LogP contribution in [0.4, 0.5) is 0 Å². The smallest absolute Gasteiger partial charge is 0.335 e. The number of hydrogen-bond donors (Lipinski definition) is 2. The van der Waals surface area contributed by atoms with Gasteiger partial charge in [-0.25, -0.2) is 9.59 Å². The first-order valence-corrected chi connectivity index (χ1v) is 9.85. The quantitative estimate of drug-likeness (QED) is 0.459. The number of unbranched alkanes of at least 4 members (excludes halogenated alkanes) is 3. The highest BCUT2D eigenvalue weighted by molar-refractivity contribution is 5.95. The largest absolute Gasteiger partial charge is 0.478 e. The number of benzene rings is 1. The van der Waals surface area contributed by atoms with Crippen LogP contribution in [0.2, 0.25) is 0 Å². The van der Waals surface area contributed by atoms with E-state index >= 15 is 0 Å². The van der Waals surface area contributed by atoms with Crippen molar-refractivity contribution >= 4 is 11.9 Å². The van der Waals surface area contributed by atoms with Crippen LogP contribution in [0.5, 0.6) is 0 Å². The van der Waals surface area contributed by atoms with Gasteiger partial charge in [0.25, 0.3) is 0 Å². The lowest BCUT2D eigenvalue weighted by Gasteiger charge is -2.17. The molecule has 0 aliphatic rings. The van der Waals surface area contributed by atoms with E-state index in [1.165, 1.54) is 25.0 Å². The molecule has 0 aliphatic carbocycles. The van der Waals surface area contributed by atoms with Gasteiger partial charge in [-0.1, -0.05) is 53.4 Å². The van der Waals surface area contributed by atoms with Crippen LogP contribution in [0.3, 0.4) is 0 Å². The number of carboxylic acids is 2. The van der Waals surface area contributed by atoms with Crippen LogP contribution in [0.25, 0.3) is 0 Å². The maximum atomic E-state index is 11.7. The minimum absolute atomic E-state index is 0.255. The van der Waals surface area contributed by atoms with Crippen molar-refractivity contribution in [3.63, 3.8) is 0 Å². The molecule has 2 N–H and O–H groups in total. The summed E-state index contributed by atoms with van der Waals surface area (Å²) in [6.45, 7) is 8.63. The maximum absolute atomic E-state index is 11.7. The van der Waals surface area contributed by atoms with Crippen LogP contribution >= 0.6 is 0 Å². The molecule has 0 radical (unpaired) electrons. The molecule has 0 aliphatic heterocycles. The number of rotatable bonds is 12. The van der Waals surface area contributed by atoms with E-state index in [2.05, 4.69) is 27.7 Å². The monoisotopic (exact) mass is 362 g/mol.